The van der Waals surface area contributed by atoms with Crippen LogP contribution in [-0.2, 0) is 0 Å². The SMILES string of the molecule is CC(=O)c1cc(C(=O)N[C@H](c2ccccc2)c2cccnc2)cs1. The molecule has 0 aliphatic carbocycles. The molecule has 3 aromatic rings. The van der Waals surface area contributed by atoms with E-state index in [1.807, 2.05) is 42.5 Å². The van der Waals surface area contributed by atoms with E-state index in [0.29, 0.717) is 10.4 Å². The van der Waals surface area contributed by atoms with Gasteiger partial charge in [0.1, 0.15) is 0 Å². The third-order valence-electron chi connectivity index (χ3n) is 3.63. The number of aromatic nitrogens is 1. The smallest absolute Gasteiger partial charge is 0.252 e. The largest absolute Gasteiger partial charge is 0.341 e. The molecule has 0 unspecified atom stereocenters. The molecular formula is C19H16N2O2S. The maximum absolute atomic E-state index is 12.6. The number of carbonyl (C=O) groups is 2. The Morgan fingerprint density at radius 3 is 2.46 bits per heavy atom. The van der Waals surface area contributed by atoms with Crippen LogP contribution in [0.2, 0.25) is 0 Å². The second-order valence-corrected chi connectivity index (χ2v) is 6.27. The van der Waals surface area contributed by atoms with E-state index in [0.717, 1.165) is 11.1 Å². The molecule has 0 bridgehead atoms. The molecule has 0 aliphatic heterocycles. The van der Waals surface area contributed by atoms with Crippen LogP contribution in [-0.4, -0.2) is 16.7 Å². The number of thiophene rings is 1. The van der Waals surface area contributed by atoms with Gasteiger partial charge in [0.25, 0.3) is 5.91 Å². The van der Waals surface area contributed by atoms with Crippen molar-refractivity contribution in [1.29, 1.82) is 0 Å². The number of hydrogen-bond donors (Lipinski definition) is 1. The Morgan fingerprint density at radius 1 is 1.08 bits per heavy atom. The summed E-state index contributed by atoms with van der Waals surface area (Å²) in [6.45, 7) is 1.50. The van der Waals surface area contributed by atoms with Gasteiger partial charge in [0.2, 0.25) is 0 Å². The van der Waals surface area contributed by atoms with Crippen LogP contribution in [0.1, 0.15) is 44.1 Å². The average molecular weight is 336 g/mol. The lowest BCUT2D eigenvalue weighted by Gasteiger charge is -2.19. The summed E-state index contributed by atoms with van der Waals surface area (Å²) in [5.41, 5.74) is 2.37. The molecule has 2 heterocycles. The molecule has 1 atom stereocenters. The van der Waals surface area contributed by atoms with Gasteiger partial charge in [0, 0.05) is 17.8 Å². The van der Waals surface area contributed by atoms with Crippen LogP contribution < -0.4 is 5.32 Å². The average Bonchev–Trinajstić information content (AvgIpc) is 3.11. The Kier molecular flexibility index (Phi) is 4.82. The van der Waals surface area contributed by atoms with Gasteiger partial charge in [-0.25, -0.2) is 0 Å². The molecule has 2 aromatic heterocycles. The minimum atomic E-state index is -0.298. The lowest BCUT2D eigenvalue weighted by Crippen LogP contribution is -2.29. The highest BCUT2D eigenvalue weighted by Crippen LogP contribution is 2.23. The highest BCUT2D eigenvalue weighted by molar-refractivity contribution is 7.12. The van der Waals surface area contributed by atoms with Crippen LogP contribution in [0.15, 0.2) is 66.3 Å². The standard InChI is InChI=1S/C19H16N2O2S/c1-13(22)17-10-16(12-24-17)19(23)21-18(14-6-3-2-4-7-14)15-8-5-9-20-11-15/h2-12,18H,1H3,(H,21,23)/t18-/m1/s1. The zero-order valence-corrected chi connectivity index (χ0v) is 13.9. The molecule has 0 fully saturated rings. The van der Waals surface area contributed by atoms with Crippen LogP contribution in [0, 0.1) is 0 Å². The lowest BCUT2D eigenvalue weighted by molar-refractivity contribution is 0.0943. The zero-order chi connectivity index (χ0) is 16.9. The van der Waals surface area contributed by atoms with Crippen LogP contribution in [0.4, 0.5) is 0 Å². The lowest BCUT2D eigenvalue weighted by atomic mass is 10.00. The summed E-state index contributed by atoms with van der Waals surface area (Å²) >= 11 is 1.28. The number of rotatable bonds is 5. The van der Waals surface area contributed by atoms with E-state index >= 15 is 0 Å². The fraction of sp³-hybridized carbons (Fsp3) is 0.105. The molecular weight excluding hydrogens is 320 g/mol. The highest BCUT2D eigenvalue weighted by Gasteiger charge is 2.19. The summed E-state index contributed by atoms with van der Waals surface area (Å²) < 4.78 is 0. The van der Waals surface area contributed by atoms with Gasteiger partial charge in [-0.3, -0.25) is 14.6 Å². The number of amides is 1. The molecule has 0 aliphatic rings. The first kappa shape index (κ1) is 16.1. The number of benzene rings is 1. The van der Waals surface area contributed by atoms with Crippen molar-refractivity contribution in [2.45, 2.75) is 13.0 Å². The molecule has 1 aromatic carbocycles. The van der Waals surface area contributed by atoms with Crippen LogP contribution in [0.25, 0.3) is 0 Å². The van der Waals surface area contributed by atoms with E-state index in [4.69, 9.17) is 0 Å². The first-order chi connectivity index (χ1) is 11.6. The fourth-order valence-electron chi connectivity index (χ4n) is 2.41. The van der Waals surface area contributed by atoms with Gasteiger partial charge in [-0.2, -0.15) is 0 Å². The van der Waals surface area contributed by atoms with Crippen molar-refractivity contribution >= 4 is 23.0 Å². The number of Topliss-reactive ketones (excluding diaryl/α,β-unsaturated/α-hetero) is 1. The Morgan fingerprint density at radius 2 is 1.83 bits per heavy atom. The Bertz CT molecular complexity index is 805. The predicted molar refractivity (Wildman–Crippen MR) is 94.3 cm³/mol. The van der Waals surface area contributed by atoms with Crippen molar-refractivity contribution < 1.29 is 9.59 Å². The second kappa shape index (κ2) is 7.19. The van der Waals surface area contributed by atoms with E-state index < -0.39 is 0 Å². The number of ketones is 1. The van der Waals surface area contributed by atoms with Gasteiger partial charge >= 0.3 is 0 Å². The van der Waals surface area contributed by atoms with Crippen molar-refractivity contribution in [2.75, 3.05) is 0 Å². The summed E-state index contributed by atoms with van der Waals surface area (Å²) in [6, 6.07) is 14.8. The summed E-state index contributed by atoms with van der Waals surface area (Å²) in [7, 11) is 0. The van der Waals surface area contributed by atoms with E-state index in [1.165, 1.54) is 18.3 Å². The molecule has 4 nitrogen and oxygen atoms in total. The predicted octanol–water partition coefficient (Wildman–Crippen LogP) is 3.87. The summed E-state index contributed by atoms with van der Waals surface area (Å²) in [6.07, 6.45) is 3.44. The fourth-order valence-corrected chi connectivity index (χ4v) is 3.20. The van der Waals surface area contributed by atoms with Crippen molar-refractivity contribution in [3.63, 3.8) is 0 Å². The minimum Gasteiger partial charge on any atom is -0.341 e. The molecule has 0 saturated heterocycles. The van der Waals surface area contributed by atoms with E-state index in [9.17, 15) is 9.59 Å². The van der Waals surface area contributed by atoms with E-state index in [1.54, 1.807) is 23.8 Å². The Balaban J connectivity index is 1.89. The molecule has 5 heteroatoms. The van der Waals surface area contributed by atoms with Crippen molar-refractivity contribution in [3.05, 3.63) is 87.9 Å². The topological polar surface area (TPSA) is 59.1 Å². The molecule has 0 radical (unpaired) electrons. The summed E-state index contributed by atoms with van der Waals surface area (Å²) in [5.74, 6) is -0.248. The monoisotopic (exact) mass is 336 g/mol. The molecule has 1 amide bonds. The van der Waals surface area contributed by atoms with Gasteiger partial charge in [0.15, 0.2) is 5.78 Å². The van der Waals surface area contributed by atoms with Gasteiger partial charge in [-0.15, -0.1) is 11.3 Å². The third kappa shape index (κ3) is 3.58. The van der Waals surface area contributed by atoms with Crippen molar-refractivity contribution in [2.24, 2.45) is 0 Å². The van der Waals surface area contributed by atoms with Gasteiger partial charge in [-0.1, -0.05) is 36.4 Å². The van der Waals surface area contributed by atoms with Gasteiger partial charge in [0.05, 0.1) is 16.5 Å². The number of pyridine rings is 1. The maximum atomic E-state index is 12.6. The highest BCUT2D eigenvalue weighted by atomic mass is 32.1. The van der Waals surface area contributed by atoms with Gasteiger partial charge < -0.3 is 5.32 Å². The minimum absolute atomic E-state index is 0.0362. The van der Waals surface area contributed by atoms with E-state index in [2.05, 4.69) is 10.3 Å². The van der Waals surface area contributed by atoms with Crippen LogP contribution in [0.5, 0.6) is 0 Å². The number of nitrogens with one attached hydrogen (secondary N) is 1. The van der Waals surface area contributed by atoms with Crippen molar-refractivity contribution in [1.82, 2.24) is 10.3 Å². The molecule has 0 saturated carbocycles. The molecule has 3 rings (SSSR count). The quantitative estimate of drug-likeness (QED) is 0.720. The molecule has 1 N–H and O–H groups in total. The van der Waals surface area contributed by atoms with Crippen LogP contribution >= 0.6 is 11.3 Å². The normalized spacial score (nSPS) is 11.7. The molecule has 0 spiro atoms. The maximum Gasteiger partial charge on any atom is 0.252 e. The molecule has 24 heavy (non-hydrogen) atoms. The van der Waals surface area contributed by atoms with Gasteiger partial charge in [-0.05, 0) is 30.2 Å². The first-order valence-corrected chi connectivity index (χ1v) is 8.38. The van der Waals surface area contributed by atoms with E-state index in [-0.39, 0.29) is 17.7 Å². The molecule has 120 valence electrons. The Labute approximate surface area is 144 Å². The summed E-state index contributed by atoms with van der Waals surface area (Å²) in [4.78, 5) is 28.7. The van der Waals surface area contributed by atoms with Crippen LogP contribution in [0.3, 0.4) is 0 Å². The number of nitrogens with zero attached hydrogens (tertiary/aromatic N) is 1. The first-order valence-electron chi connectivity index (χ1n) is 7.50. The summed E-state index contributed by atoms with van der Waals surface area (Å²) in [5, 5.41) is 4.74. The second-order valence-electron chi connectivity index (χ2n) is 5.36. The third-order valence-corrected chi connectivity index (χ3v) is 4.67. The number of hydrogen-bond acceptors (Lipinski definition) is 4. The Hall–Kier alpha value is -2.79. The number of carbonyl (C=O) groups excluding carboxylic acids is 2. The zero-order valence-electron chi connectivity index (χ0n) is 13.1. The van der Waals surface area contributed by atoms with Crippen molar-refractivity contribution in [3.8, 4) is 0 Å².